The van der Waals surface area contributed by atoms with Gasteiger partial charge in [-0.2, -0.15) is 5.10 Å². The summed E-state index contributed by atoms with van der Waals surface area (Å²) in [4.78, 5) is 17.1. The van der Waals surface area contributed by atoms with Crippen molar-refractivity contribution in [1.82, 2.24) is 20.1 Å². The molecule has 6 rings (SSSR count). The number of benzene rings is 3. The topological polar surface area (TPSA) is 71.9 Å². The highest BCUT2D eigenvalue weighted by Crippen LogP contribution is 2.42. The Balaban J connectivity index is 1.27. The van der Waals surface area contributed by atoms with Crippen LogP contribution in [0.1, 0.15) is 49.1 Å². The number of hydrogen-bond donors (Lipinski definition) is 2. The number of carbonyl (C=O) groups excluding carboxylic acids is 1. The zero-order valence-corrected chi connectivity index (χ0v) is 22.8. The van der Waals surface area contributed by atoms with Gasteiger partial charge < -0.3 is 15.0 Å². The van der Waals surface area contributed by atoms with Gasteiger partial charge in [-0.25, -0.2) is 9.07 Å². The molecule has 0 bridgehead atoms. The Kier molecular flexibility index (Phi) is 6.98. The molecular weight excluding hydrogens is 503 g/mol. The number of halogens is 1. The number of hydrogen-bond acceptors (Lipinski definition) is 3. The Morgan fingerprint density at radius 3 is 2.60 bits per heavy atom. The number of nitrogens with zero attached hydrogens (tertiary/aromatic N) is 2. The number of H-pyrrole nitrogens is 1. The number of fused-ring (bicyclic) bond motifs is 3. The van der Waals surface area contributed by atoms with Crippen molar-refractivity contribution in [3.05, 3.63) is 107 Å². The summed E-state index contributed by atoms with van der Waals surface area (Å²) in [6, 6.07) is 22.5. The van der Waals surface area contributed by atoms with Crippen molar-refractivity contribution in [3.8, 4) is 16.9 Å². The van der Waals surface area contributed by atoms with E-state index in [0.29, 0.717) is 18.7 Å². The largest absolute Gasteiger partial charge is 0.368 e. The molecule has 0 fully saturated rings. The van der Waals surface area contributed by atoms with Gasteiger partial charge in [-0.05, 0) is 66.8 Å². The molecule has 3 heterocycles. The van der Waals surface area contributed by atoms with E-state index in [0.717, 1.165) is 40.9 Å². The summed E-state index contributed by atoms with van der Waals surface area (Å²) in [6.07, 6.45) is 4.57. The summed E-state index contributed by atoms with van der Waals surface area (Å²) < 4.78 is 21.8. The highest BCUT2D eigenvalue weighted by atomic mass is 19.1. The lowest BCUT2D eigenvalue weighted by Crippen LogP contribution is -2.40. The second-order valence-electron chi connectivity index (χ2n) is 10.4. The summed E-state index contributed by atoms with van der Waals surface area (Å²) in [5.74, 6) is -0.401. The van der Waals surface area contributed by atoms with Crippen LogP contribution in [0.25, 0.3) is 27.8 Å². The van der Waals surface area contributed by atoms with Crippen LogP contribution in [0.15, 0.2) is 79.0 Å². The van der Waals surface area contributed by atoms with E-state index < -0.39 is 5.60 Å². The Hall–Kier alpha value is -4.23. The fraction of sp³-hybridized carbons (Fsp3) is 0.273. The second-order valence-corrected chi connectivity index (χ2v) is 10.4. The van der Waals surface area contributed by atoms with Gasteiger partial charge in [0.2, 0.25) is 5.91 Å². The number of amides is 1. The molecule has 7 heteroatoms. The van der Waals surface area contributed by atoms with E-state index in [1.54, 1.807) is 16.8 Å². The van der Waals surface area contributed by atoms with Crippen LogP contribution in [0.3, 0.4) is 0 Å². The van der Waals surface area contributed by atoms with Crippen LogP contribution in [0.2, 0.25) is 0 Å². The third-order valence-electron chi connectivity index (χ3n) is 8.02. The van der Waals surface area contributed by atoms with Gasteiger partial charge >= 0.3 is 0 Å². The molecule has 1 unspecified atom stereocenters. The number of nitrogens with one attached hydrogen (secondary N) is 2. The molecule has 5 aromatic rings. The molecule has 1 aliphatic rings. The lowest BCUT2D eigenvalue weighted by molar-refractivity contribution is -0.133. The maximum absolute atomic E-state index is 13.6. The minimum absolute atomic E-state index is 0.0958. The third kappa shape index (κ3) is 4.71. The highest BCUT2D eigenvalue weighted by molar-refractivity contribution is 5.88. The molecule has 0 aliphatic carbocycles. The number of para-hydroxylation sites is 2. The normalized spacial score (nSPS) is 16.7. The van der Waals surface area contributed by atoms with E-state index in [-0.39, 0.29) is 24.7 Å². The van der Waals surface area contributed by atoms with Crippen molar-refractivity contribution in [1.29, 1.82) is 0 Å². The van der Waals surface area contributed by atoms with E-state index in [4.69, 9.17) is 9.84 Å². The van der Waals surface area contributed by atoms with Gasteiger partial charge in [0.25, 0.3) is 0 Å². The summed E-state index contributed by atoms with van der Waals surface area (Å²) in [7, 11) is 0. The number of ether oxygens (including phenoxy) is 1. The molecule has 204 valence electrons. The minimum atomic E-state index is -0.713. The molecule has 2 aromatic heterocycles. The lowest BCUT2D eigenvalue weighted by Gasteiger charge is -2.36. The van der Waals surface area contributed by atoms with Crippen LogP contribution in [0.5, 0.6) is 0 Å². The minimum Gasteiger partial charge on any atom is -0.368 e. The Morgan fingerprint density at radius 1 is 1.05 bits per heavy atom. The van der Waals surface area contributed by atoms with Crippen LogP contribution in [-0.2, 0) is 34.5 Å². The van der Waals surface area contributed by atoms with Gasteiger partial charge in [0.05, 0.1) is 30.1 Å². The SMILES string of the molecule is CCc1cccc2c3c([nH]c12)C(CC)(CC(=O)NCc1cn(-c2ccccc2)nc1-c1ccc(F)cc1)OCC3. The van der Waals surface area contributed by atoms with Gasteiger partial charge in [-0.15, -0.1) is 0 Å². The van der Waals surface area contributed by atoms with Gasteiger partial charge in [-0.1, -0.05) is 50.2 Å². The molecule has 40 heavy (non-hydrogen) atoms. The van der Waals surface area contributed by atoms with E-state index in [1.165, 1.54) is 28.6 Å². The maximum atomic E-state index is 13.6. The van der Waals surface area contributed by atoms with E-state index in [2.05, 4.69) is 42.3 Å². The highest BCUT2D eigenvalue weighted by Gasteiger charge is 2.41. The zero-order chi connectivity index (χ0) is 27.7. The van der Waals surface area contributed by atoms with E-state index in [9.17, 15) is 9.18 Å². The van der Waals surface area contributed by atoms with Crippen LogP contribution in [0.4, 0.5) is 4.39 Å². The smallest absolute Gasteiger partial charge is 0.223 e. The molecule has 1 atom stereocenters. The predicted octanol–water partition coefficient (Wildman–Crippen LogP) is 6.61. The van der Waals surface area contributed by atoms with Crippen molar-refractivity contribution in [2.75, 3.05) is 6.61 Å². The lowest BCUT2D eigenvalue weighted by atomic mass is 9.86. The Labute approximate surface area is 233 Å². The average Bonchev–Trinajstić information content (AvgIpc) is 3.60. The van der Waals surface area contributed by atoms with Gasteiger partial charge in [0, 0.05) is 34.8 Å². The summed E-state index contributed by atoms with van der Waals surface area (Å²) in [6.45, 7) is 5.10. The average molecular weight is 537 g/mol. The van der Waals surface area contributed by atoms with Crippen molar-refractivity contribution in [3.63, 3.8) is 0 Å². The number of carbonyl (C=O) groups is 1. The molecular formula is C33H33FN4O2. The Bertz CT molecular complexity index is 1660. The standard InChI is InChI=1S/C33H33FN4O2/c1-3-22-9-8-12-27-28-17-18-40-33(4-2,32(28)36-31(22)27)19-29(39)35-20-24-21-38(26-10-6-5-7-11-26)37-30(24)23-13-15-25(34)16-14-23/h5-16,21,36H,3-4,17-20H2,1-2H3,(H,35,39). The molecule has 6 nitrogen and oxygen atoms in total. The molecule has 1 amide bonds. The fourth-order valence-electron chi connectivity index (χ4n) is 5.86. The molecule has 1 aliphatic heterocycles. The molecule has 0 radical (unpaired) electrons. The van der Waals surface area contributed by atoms with Crippen LogP contribution < -0.4 is 5.32 Å². The first kappa shape index (κ1) is 26.0. The number of aryl methyl sites for hydroxylation is 1. The van der Waals surface area contributed by atoms with Crippen LogP contribution in [0, 0.1) is 5.82 Å². The number of rotatable bonds is 8. The van der Waals surface area contributed by atoms with E-state index in [1.807, 2.05) is 36.5 Å². The van der Waals surface area contributed by atoms with Gasteiger partial charge in [0.15, 0.2) is 0 Å². The van der Waals surface area contributed by atoms with E-state index >= 15 is 0 Å². The predicted molar refractivity (Wildman–Crippen MR) is 155 cm³/mol. The second kappa shape index (κ2) is 10.7. The fourth-order valence-corrected chi connectivity index (χ4v) is 5.86. The number of aromatic amines is 1. The first-order valence-electron chi connectivity index (χ1n) is 13.9. The van der Waals surface area contributed by atoms with Crippen molar-refractivity contribution >= 4 is 16.8 Å². The van der Waals surface area contributed by atoms with Crippen LogP contribution in [-0.4, -0.2) is 27.3 Å². The summed E-state index contributed by atoms with van der Waals surface area (Å²) >= 11 is 0. The van der Waals surface area contributed by atoms with Gasteiger partial charge in [-0.3, -0.25) is 4.79 Å². The summed E-state index contributed by atoms with van der Waals surface area (Å²) in [5.41, 5.74) is 7.23. The van der Waals surface area contributed by atoms with Crippen molar-refractivity contribution < 1.29 is 13.9 Å². The van der Waals surface area contributed by atoms with Crippen LogP contribution >= 0.6 is 0 Å². The monoisotopic (exact) mass is 536 g/mol. The molecule has 2 N–H and O–H groups in total. The molecule has 3 aromatic carbocycles. The zero-order valence-electron chi connectivity index (χ0n) is 22.8. The first-order valence-corrected chi connectivity index (χ1v) is 13.9. The first-order chi connectivity index (χ1) is 19.5. The van der Waals surface area contributed by atoms with Crippen molar-refractivity contribution in [2.45, 2.75) is 51.7 Å². The molecule has 0 spiro atoms. The third-order valence-corrected chi connectivity index (χ3v) is 8.02. The van der Waals surface area contributed by atoms with Gasteiger partial charge in [0.1, 0.15) is 11.4 Å². The Morgan fingerprint density at radius 2 is 1.85 bits per heavy atom. The molecule has 0 saturated carbocycles. The quantitative estimate of drug-likeness (QED) is 0.235. The maximum Gasteiger partial charge on any atom is 0.223 e. The molecule has 0 saturated heterocycles. The van der Waals surface area contributed by atoms with Crippen molar-refractivity contribution in [2.24, 2.45) is 0 Å². The number of aromatic nitrogens is 3. The summed E-state index contributed by atoms with van der Waals surface area (Å²) in [5, 5.41) is 9.14.